The van der Waals surface area contributed by atoms with Gasteiger partial charge in [-0.05, 0) is 36.4 Å². The predicted molar refractivity (Wildman–Crippen MR) is 91.0 cm³/mol. The van der Waals surface area contributed by atoms with Gasteiger partial charge in [0.15, 0.2) is 0 Å². The maximum atomic E-state index is 5.37. The van der Waals surface area contributed by atoms with Crippen molar-refractivity contribution in [1.82, 2.24) is 4.57 Å². The third kappa shape index (κ3) is 2.44. The van der Waals surface area contributed by atoms with Crippen molar-refractivity contribution in [2.75, 3.05) is 20.0 Å². The highest BCUT2D eigenvalue weighted by molar-refractivity contribution is 7.80. The number of aryl methyl sites for hydroxylation is 1. The number of fused-ring (bicyclic) bond motifs is 3. The maximum Gasteiger partial charge on any atom is 0.120 e. The lowest BCUT2D eigenvalue weighted by molar-refractivity contribution is 0.415. The van der Waals surface area contributed by atoms with Gasteiger partial charge in [0.05, 0.1) is 25.3 Å². The number of nitrogens with zero attached hydrogens (tertiary/aromatic N) is 1. The zero-order chi connectivity index (χ0) is 14.8. The Bertz CT molecular complexity index is 718. The second kappa shape index (κ2) is 5.90. The quantitative estimate of drug-likeness (QED) is 0.716. The Kier molecular flexibility index (Phi) is 3.97. The lowest BCUT2D eigenvalue weighted by Gasteiger charge is -2.08. The fourth-order valence-electron chi connectivity index (χ4n) is 2.78. The van der Waals surface area contributed by atoms with E-state index in [0.29, 0.717) is 0 Å². The molecule has 1 aromatic heterocycles. The van der Waals surface area contributed by atoms with Gasteiger partial charge in [0.1, 0.15) is 11.5 Å². The zero-order valence-electron chi connectivity index (χ0n) is 12.3. The second-order valence-electron chi connectivity index (χ2n) is 4.99. The molecule has 0 aliphatic rings. The Morgan fingerprint density at radius 1 is 0.905 bits per heavy atom. The van der Waals surface area contributed by atoms with E-state index in [-0.39, 0.29) is 0 Å². The van der Waals surface area contributed by atoms with Gasteiger partial charge in [-0.25, -0.2) is 0 Å². The molecule has 0 saturated heterocycles. The van der Waals surface area contributed by atoms with E-state index < -0.39 is 0 Å². The lowest BCUT2D eigenvalue weighted by atomic mass is 10.1. The molecule has 0 saturated carbocycles. The van der Waals surface area contributed by atoms with Crippen LogP contribution in [0.1, 0.15) is 6.42 Å². The standard InChI is InChI=1S/C17H19NO2S/c1-19-12-4-6-14-15-7-5-13(20-2)11-17(15)18(8-3-9-21)16(14)10-12/h4-7,10-11,21H,3,8-9H2,1-2H3. The molecule has 0 aliphatic heterocycles. The number of aromatic nitrogens is 1. The van der Waals surface area contributed by atoms with E-state index in [0.717, 1.165) is 30.2 Å². The van der Waals surface area contributed by atoms with E-state index in [9.17, 15) is 0 Å². The Morgan fingerprint density at radius 2 is 1.43 bits per heavy atom. The first-order valence-corrected chi connectivity index (χ1v) is 7.66. The van der Waals surface area contributed by atoms with Crippen LogP contribution in [0.4, 0.5) is 0 Å². The van der Waals surface area contributed by atoms with E-state index in [2.05, 4.69) is 41.5 Å². The second-order valence-corrected chi connectivity index (χ2v) is 5.44. The lowest BCUT2D eigenvalue weighted by Crippen LogP contribution is -1.98. The minimum absolute atomic E-state index is 0.870. The number of hydrogen-bond donors (Lipinski definition) is 1. The molecule has 0 fully saturated rings. The molecule has 110 valence electrons. The summed E-state index contributed by atoms with van der Waals surface area (Å²) in [4.78, 5) is 0. The van der Waals surface area contributed by atoms with Gasteiger partial charge in [0.25, 0.3) is 0 Å². The summed E-state index contributed by atoms with van der Waals surface area (Å²) in [5.41, 5.74) is 2.39. The maximum absolute atomic E-state index is 5.37. The van der Waals surface area contributed by atoms with Gasteiger partial charge in [-0.3, -0.25) is 0 Å². The van der Waals surface area contributed by atoms with Crippen LogP contribution in [0.3, 0.4) is 0 Å². The summed E-state index contributed by atoms with van der Waals surface area (Å²) in [7, 11) is 3.40. The molecule has 0 aliphatic carbocycles. The number of ether oxygens (including phenoxy) is 2. The molecule has 0 N–H and O–H groups in total. The van der Waals surface area contributed by atoms with Gasteiger partial charge < -0.3 is 14.0 Å². The fraction of sp³-hybridized carbons (Fsp3) is 0.294. The molecule has 4 heteroatoms. The van der Waals surface area contributed by atoms with E-state index in [4.69, 9.17) is 9.47 Å². The summed E-state index contributed by atoms with van der Waals surface area (Å²) in [6.45, 7) is 0.934. The van der Waals surface area contributed by atoms with E-state index in [1.807, 2.05) is 12.1 Å². The minimum atomic E-state index is 0.870. The highest BCUT2D eigenvalue weighted by atomic mass is 32.1. The van der Waals surface area contributed by atoms with E-state index >= 15 is 0 Å². The molecule has 21 heavy (non-hydrogen) atoms. The van der Waals surface area contributed by atoms with Gasteiger partial charge in [-0.15, -0.1) is 0 Å². The molecule has 2 aromatic carbocycles. The molecular formula is C17H19NO2S. The van der Waals surface area contributed by atoms with Gasteiger partial charge in [-0.1, -0.05) is 0 Å². The Hall–Kier alpha value is -1.81. The monoisotopic (exact) mass is 301 g/mol. The van der Waals surface area contributed by atoms with Gasteiger partial charge in [-0.2, -0.15) is 12.6 Å². The minimum Gasteiger partial charge on any atom is -0.497 e. The molecule has 0 amide bonds. The number of benzene rings is 2. The number of rotatable bonds is 5. The van der Waals surface area contributed by atoms with Crippen LogP contribution in [0.5, 0.6) is 11.5 Å². The SMILES string of the molecule is COc1ccc2c3ccc(OC)cc3n(CCCS)c2c1. The molecule has 3 aromatic rings. The number of methoxy groups -OCH3 is 2. The molecule has 3 nitrogen and oxygen atoms in total. The molecular weight excluding hydrogens is 282 g/mol. The summed E-state index contributed by atoms with van der Waals surface area (Å²) in [5.74, 6) is 2.63. The van der Waals surface area contributed by atoms with Crippen molar-refractivity contribution in [3.05, 3.63) is 36.4 Å². The van der Waals surface area contributed by atoms with Gasteiger partial charge in [0.2, 0.25) is 0 Å². The van der Waals surface area contributed by atoms with Crippen molar-refractivity contribution in [3.8, 4) is 11.5 Å². The summed E-state index contributed by atoms with van der Waals surface area (Å²) in [5, 5.41) is 2.49. The smallest absolute Gasteiger partial charge is 0.120 e. The fourth-order valence-corrected chi connectivity index (χ4v) is 2.92. The first-order chi connectivity index (χ1) is 10.3. The Balaban J connectivity index is 2.31. The number of thiol groups is 1. The predicted octanol–water partition coefficient (Wildman–Crippen LogP) is 4.13. The third-order valence-corrected chi connectivity index (χ3v) is 4.14. The van der Waals surface area contributed by atoms with E-state index in [1.165, 1.54) is 21.8 Å². The normalized spacial score (nSPS) is 11.2. The third-order valence-electron chi connectivity index (χ3n) is 3.82. The highest BCUT2D eigenvalue weighted by Crippen LogP contribution is 2.33. The average Bonchev–Trinajstić information content (AvgIpc) is 2.84. The van der Waals surface area contributed by atoms with Crippen molar-refractivity contribution in [2.24, 2.45) is 0 Å². The van der Waals surface area contributed by atoms with Crippen molar-refractivity contribution >= 4 is 34.4 Å². The van der Waals surface area contributed by atoms with E-state index in [1.54, 1.807) is 14.2 Å². The molecule has 0 unspecified atom stereocenters. The Labute approximate surface area is 129 Å². The van der Waals surface area contributed by atoms with Crippen LogP contribution < -0.4 is 9.47 Å². The average molecular weight is 301 g/mol. The van der Waals surface area contributed by atoms with Gasteiger partial charge >= 0.3 is 0 Å². The molecule has 0 radical (unpaired) electrons. The van der Waals surface area contributed by atoms with Crippen LogP contribution in [0, 0.1) is 0 Å². The topological polar surface area (TPSA) is 23.4 Å². The van der Waals surface area contributed by atoms with Crippen LogP contribution in [0.2, 0.25) is 0 Å². The van der Waals surface area contributed by atoms with Crippen molar-refractivity contribution in [3.63, 3.8) is 0 Å². The summed E-state index contributed by atoms with van der Waals surface area (Å²) >= 11 is 4.34. The van der Waals surface area contributed by atoms with Crippen molar-refractivity contribution in [1.29, 1.82) is 0 Å². The Morgan fingerprint density at radius 3 is 1.86 bits per heavy atom. The first kappa shape index (κ1) is 14.1. The van der Waals surface area contributed by atoms with Crippen LogP contribution in [-0.2, 0) is 6.54 Å². The summed E-state index contributed by atoms with van der Waals surface area (Å²) in [6.07, 6.45) is 1.02. The zero-order valence-corrected chi connectivity index (χ0v) is 13.2. The van der Waals surface area contributed by atoms with Crippen LogP contribution >= 0.6 is 12.6 Å². The first-order valence-electron chi connectivity index (χ1n) is 7.03. The number of hydrogen-bond acceptors (Lipinski definition) is 3. The molecule has 0 bridgehead atoms. The van der Waals surface area contributed by atoms with Gasteiger partial charge in [0, 0.05) is 29.4 Å². The summed E-state index contributed by atoms with van der Waals surface area (Å²) in [6, 6.07) is 12.5. The molecule has 1 heterocycles. The molecule has 3 rings (SSSR count). The molecule has 0 spiro atoms. The van der Waals surface area contributed by atoms with Crippen LogP contribution in [-0.4, -0.2) is 24.5 Å². The van der Waals surface area contributed by atoms with Crippen molar-refractivity contribution in [2.45, 2.75) is 13.0 Å². The molecule has 0 atom stereocenters. The summed E-state index contributed by atoms with van der Waals surface area (Å²) < 4.78 is 13.1. The van der Waals surface area contributed by atoms with Crippen molar-refractivity contribution < 1.29 is 9.47 Å². The van der Waals surface area contributed by atoms with Crippen LogP contribution in [0.25, 0.3) is 21.8 Å². The van der Waals surface area contributed by atoms with Crippen LogP contribution in [0.15, 0.2) is 36.4 Å². The largest absolute Gasteiger partial charge is 0.497 e. The highest BCUT2D eigenvalue weighted by Gasteiger charge is 2.12.